The van der Waals surface area contributed by atoms with Crippen LogP contribution in [-0.4, -0.2) is 54.2 Å². The molecule has 1 N–H and O–H groups in total. The van der Waals surface area contributed by atoms with Gasteiger partial charge in [-0.1, -0.05) is 6.92 Å². The number of carbonyl (C=O) groups excluding carboxylic acids is 1. The molecule has 1 fully saturated rings. The molecule has 0 radical (unpaired) electrons. The summed E-state index contributed by atoms with van der Waals surface area (Å²) in [6, 6.07) is 3.74. The van der Waals surface area contributed by atoms with Gasteiger partial charge in [0.15, 0.2) is 0 Å². The van der Waals surface area contributed by atoms with E-state index < -0.39 is 0 Å². The lowest BCUT2D eigenvalue weighted by Crippen LogP contribution is -2.42. The van der Waals surface area contributed by atoms with E-state index in [9.17, 15) is 9.90 Å². The lowest BCUT2D eigenvalue weighted by Gasteiger charge is -2.36. The summed E-state index contributed by atoms with van der Waals surface area (Å²) in [4.78, 5) is 19.7. The van der Waals surface area contributed by atoms with Crippen LogP contribution in [0.15, 0.2) is 18.3 Å². The zero-order valence-corrected chi connectivity index (χ0v) is 11.7. The minimum atomic E-state index is -0.221. The van der Waals surface area contributed by atoms with Crippen molar-refractivity contribution in [3.05, 3.63) is 24.0 Å². The second-order valence-corrected chi connectivity index (χ2v) is 5.38. The van der Waals surface area contributed by atoms with Crippen LogP contribution in [0.5, 0.6) is 0 Å². The monoisotopic (exact) mass is 263 g/mol. The number of amides is 1. The second kappa shape index (κ2) is 5.57. The number of hydrogen-bond donors (Lipinski definition) is 1. The first-order valence-corrected chi connectivity index (χ1v) is 6.59. The molecule has 5 nitrogen and oxygen atoms in total. The maximum Gasteiger partial charge on any atom is 0.272 e. The first kappa shape index (κ1) is 13.8. The van der Waals surface area contributed by atoms with Crippen molar-refractivity contribution in [2.45, 2.75) is 19.4 Å². The van der Waals surface area contributed by atoms with Gasteiger partial charge >= 0.3 is 0 Å². The topological polar surface area (TPSA) is 56.7 Å². The molecule has 2 rings (SSSR count). The summed E-state index contributed by atoms with van der Waals surface area (Å²) in [6.45, 7) is 3.66. The Morgan fingerprint density at radius 2 is 2.26 bits per heavy atom. The third-order valence-corrected chi connectivity index (χ3v) is 3.59. The Labute approximate surface area is 113 Å². The van der Waals surface area contributed by atoms with Crippen molar-refractivity contribution in [1.29, 1.82) is 0 Å². The molecule has 5 heteroatoms. The molecule has 0 bridgehead atoms. The molecule has 0 spiro atoms. The van der Waals surface area contributed by atoms with Gasteiger partial charge in [0, 0.05) is 39.1 Å². The average molecular weight is 263 g/mol. The zero-order chi connectivity index (χ0) is 14.0. The second-order valence-electron chi connectivity index (χ2n) is 5.38. The quantitative estimate of drug-likeness (QED) is 0.864. The third kappa shape index (κ3) is 3.04. The highest BCUT2D eigenvalue weighted by Crippen LogP contribution is 2.23. The molecule has 1 aliphatic heterocycles. The Bertz CT molecular complexity index is 462. The van der Waals surface area contributed by atoms with E-state index in [4.69, 9.17) is 0 Å². The Balaban J connectivity index is 2.17. The van der Waals surface area contributed by atoms with Crippen LogP contribution < -0.4 is 4.90 Å². The van der Waals surface area contributed by atoms with Crippen molar-refractivity contribution < 1.29 is 9.90 Å². The fourth-order valence-corrected chi connectivity index (χ4v) is 2.33. The number of pyridine rings is 1. The molecular formula is C14H21N3O2. The molecule has 0 aromatic carbocycles. The van der Waals surface area contributed by atoms with Crippen molar-refractivity contribution in [3.63, 3.8) is 0 Å². The molecule has 2 atom stereocenters. The van der Waals surface area contributed by atoms with E-state index in [1.165, 1.54) is 4.90 Å². The van der Waals surface area contributed by atoms with Crippen LogP contribution in [0, 0.1) is 5.92 Å². The van der Waals surface area contributed by atoms with Crippen LogP contribution in [0.2, 0.25) is 0 Å². The fourth-order valence-electron chi connectivity index (χ4n) is 2.33. The zero-order valence-electron chi connectivity index (χ0n) is 11.7. The maximum atomic E-state index is 11.9. The first-order valence-electron chi connectivity index (χ1n) is 6.59. The lowest BCUT2D eigenvalue weighted by molar-refractivity contribution is 0.0821. The van der Waals surface area contributed by atoms with Gasteiger partial charge in [-0.05, 0) is 24.5 Å². The largest absolute Gasteiger partial charge is 0.393 e. The summed E-state index contributed by atoms with van der Waals surface area (Å²) in [5, 5.41) is 9.76. The van der Waals surface area contributed by atoms with Gasteiger partial charge in [-0.25, -0.2) is 0 Å². The van der Waals surface area contributed by atoms with Crippen LogP contribution >= 0.6 is 0 Å². The van der Waals surface area contributed by atoms with E-state index >= 15 is 0 Å². The number of aliphatic hydroxyl groups is 1. The Hall–Kier alpha value is -1.62. The predicted molar refractivity (Wildman–Crippen MR) is 74.3 cm³/mol. The van der Waals surface area contributed by atoms with Crippen LogP contribution in [0.25, 0.3) is 0 Å². The summed E-state index contributed by atoms with van der Waals surface area (Å²) in [5.41, 5.74) is 1.46. The van der Waals surface area contributed by atoms with Gasteiger partial charge < -0.3 is 14.9 Å². The maximum absolute atomic E-state index is 11.9. The molecule has 1 aromatic heterocycles. The molecule has 0 aliphatic carbocycles. The lowest BCUT2D eigenvalue weighted by atomic mass is 9.96. The van der Waals surface area contributed by atoms with E-state index in [2.05, 4.69) is 9.88 Å². The van der Waals surface area contributed by atoms with E-state index in [-0.39, 0.29) is 17.9 Å². The Kier molecular flexibility index (Phi) is 4.04. The van der Waals surface area contributed by atoms with E-state index in [0.717, 1.165) is 25.2 Å². The summed E-state index contributed by atoms with van der Waals surface area (Å²) < 4.78 is 0. The number of aromatic nitrogens is 1. The van der Waals surface area contributed by atoms with Gasteiger partial charge in [0.05, 0.1) is 6.10 Å². The Morgan fingerprint density at radius 3 is 2.89 bits per heavy atom. The molecule has 104 valence electrons. The van der Waals surface area contributed by atoms with Crippen LogP contribution in [-0.2, 0) is 0 Å². The van der Waals surface area contributed by atoms with Crippen molar-refractivity contribution in [3.8, 4) is 0 Å². The minimum absolute atomic E-state index is 0.0908. The molecule has 0 saturated carbocycles. The molecule has 1 amide bonds. The summed E-state index contributed by atoms with van der Waals surface area (Å²) in [6.07, 6.45) is 2.21. The minimum Gasteiger partial charge on any atom is -0.393 e. The molecular weight excluding hydrogens is 242 g/mol. The number of carbonyl (C=O) groups is 1. The first-order chi connectivity index (χ1) is 8.99. The van der Waals surface area contributed by atoms with Gasteiger partial charge in [-0.2, -0.15) is 0 Å². The van der Waals surface area contributed by atoms with Gasteiger partial charge in [0.1, 0.15) is 5.69 Å². The van der Waals surface area contributed by atoms with Gasteiger partial charge in [-0.15, -0.1) is 0 Å². The molecule has 1 saturated heterocycles. The number of rotatable bonds is 2. The van der Waals surface area contributed by atoms with Gasteiger partial charge in [-0.3, -0.25) is 9.78 Å². The van der Waals surface area contributed by atoms with Crippen molar-refractivity contribution in [2.24, 2.45) is 5.92 Å². The highest BCUT2D eigenvalue weighted by molar-refractivity contribution is 5.92. The fraction of sp³-hybridized carbons (Fsp3) is 0.571. The molecule has 2 heterocycles. The summed E-state index contributed by atoms with van der Waals surface area (Å²) in [7, 11) is 3.44. The van der Waals surface area contributed by atoms with Crippen LogP contribution in [0.4, 0.5) is 5.69 Å². The van der Waals surface area contributed by atoms with Gasteiger partial charge in [0.2, 0.25) is 0 Å². The average Bonchev–Trinajstić information content (AvgIpc) is 2.41. The number of anilines is 1. The van der Waals surface area contributed by atoms with Crippen molar-refractivity contribution in [1.82, 2.24) is 9.88 Å². The molecule has 1 aromatic rings. The number of aliphatic hydroxyl groups excluding tert-OH is 1. The number of hydrogen-bond acceptors (Lipinski definition) is 4. The van der Waals surface area contributed by atoms with Gasteiger partial charge in [0.25, 0.3) is 5.91 Å². The van der Waals surface area contributed by atoms with Crippen LogP contribution in [0.3, 0.4) is 0 Å². The molecule has 2 unspecified atom stereocenters. The molecule has 1 aliphatic rings. The summed E-state index contributed by atoms with van der Waals surface area (Å²) in [5.74, 6) is 0.154. The normalized spacial score (nSPS) is 23.3. The van der Waals surface area contributed by atoms with E-state index in [1.54, 1.807) is 20.3 Å². The predicted octanol–water partition coefficient (Wildman–Crippen LogP) is 0.990. The molecule has 19 heavy (non-hydrogen) atoms. The van der Waals surface area contributed by atoms with E-state index in [1.807, 2.05) is 19.1 Å². The van der Waals surface area contributed by atoms with Crippen molar-refractivity contribution in [2.75, 3.05) is 32.1 Å². The van der Waals surface area contributed by atoms with Crippen LogP contribution in [0.1, 0.15) is 23.8 Å². The Morgan fingerprint density at radius 1 is 1.53 bits per heavy atom. The standard InChI is InChI=1S/C14H21N3O2/c1-10-9-17(7-5-13(10)18)11-4-6-15-12(8-11)14(19)16(2)3/h4,6,8,10,13,18H,5,7,9H2,1-3H3. The number of piperidine rings is 1. The summed E-state index contributed by atoms with van der Waals surface area (Å²) >= 11 is 0. The SMILES string of the molecule is CC1CN(c2ccnc(C(=O)N(C)C)c2)CCC1O. The third-order valence-electron chi connectivity index (χ3n) is 3.59. The highest BCUT2D eigenvalue weighted by atomic mass is 16.3. The van der Waals surface area contributed by atoms with E-state index in [0.29, 0.717) is 5.69 Å². The smallest absolute Gasteiger partial charge is 0.272 e. The number of nitrogens with zero attached hydrogens (tertiary/aromatic N) is 3. The van der Waals surface area contributed by atoms with Crippen molar-refractivity contribution >= 4 is 11.6 Å². The highest BCUT2D eigenvalue weighted by Gasteiger charge is 2.24.